The van der Waals surface area contributed by atoms with Gasteiger partial charge in [0.1, 0.15) is 12.4 Å². The van der Waals surface area contributed by atoms with Crippen LogP contribution in [0.4, 0.5) is 15.0 Å². The zero-order valence-electron chi connectivity index (χ0n) is 14.7. The molecule has 0 aliphatic carbocycles. The van der Waals surface area contributed by atoms with Gasteiger partial charge in [-0.1, -0.05) is 0 Å². The Morgan fingerprint density at radius 2 is 2.08 bits per heavy atom. The number of hydrogen-bond acceptors (Lipinski definition) is 6. The summed E-state index contributed by atoms with van der Waals surface area (Å²) in [4.78, 5) is 20.3. The van der Waals surface area contributed by atoms with Crippen LogP contribution in [-0.4, -0.2) is 92.6 Å². The minimum atomic E-state index is -0.933. The summed E-state index contributed by atoms with van der Waals surface area (Å²) in [7, 11) is 3.12. The third-order valence-corrected chi connectivity index (χ3v) is 4.10. The number of piperazine rings is 1. The molecule has 1 N–H and O–H groups in total. The van der Waals surface area contributed by atoms with Gasteiger partial charge >= 0.3 is 6.09 Å². The molecule has 25 heavy (non-hydrogen) atoms. The summed E-state index contributed by atoms with van der Waals surface area (Å²) in [5.41, 5.74) is 0. The molecule has 0 saturated carbocycles. The van der Waals surface area contributed by atoms with Crippen LogP contribution in [0, 0.1) is 5.82 Å². The summed E-state index contributed by atoms with van der Waals surface area (Å²) < 4.78 is 24.5. The Kier molecular flexibility index (Phi) is 7.20. The molecule has 140 valence electrons. The molecule has 0 radical (unpaired) electrons. The zero-order valence-corrected chi connectivity index (χ0v) is 14.7. The molecule has 2 rings (SSSR count). The van der Waals surface area contributed by atoms with E-state index in [0.29, 0.717) is 51.0 Å². The molecule has 1 aromatic heterocycles. The predicted octanol–water partition coefficient (Wildman–Crippen LogP) is 0.978. The number of carboxylic acid groups (broad SMARTS) is 1. The lowest BCUT2D eigenvalue weighted by molar-refractivity contribution is 0.145. The van der Waals surface area contributed by atoms with E-state index >= 15 is 0 Å². The molecular weight excluding hydrogens is 331 g/mol. The number of hydrogen-bond donors (Lipinski definition) is 1. The van der Waals surface area contributed by atoms with Crippen molar-refractivity contribution >= 4 is 11.9 Å². The lowest BCUT2D eigenvalue weighted by atomic mass is 10.3. The molecule has 8 nitrogen and oxygen atoms in total. The molecule has 2 heterocycles. The number of methoxy groups -OCH3 is 1. The van der Waals surface area contributed by atoms with E-state index in [-0.39, 0.29) is 0 Å². The van der Waals surface area contributed by atoms with Crippen LogP contribution < -0.4 is 9.64 Å². The van der Waals surface area contributed by atoms with E-state index in [1.54, 1.807) is 14.2 Å². The van der Waals surface area contributed by atoms with Gasteiger partial charge in [-0.2, -0.15) is 0 Å². The summed E-state index contributed by atoms with van der Waals surface area (Å²) in [6, 6.07) is 1.34. The average molecular weight is 356 g/mol. The monoisotopic (exact) mass is 356 g/mol. The van der Waals surface area contributed by atoms with E-state index in [9.17, 15) is 9.18 Å². The average Bonchev–Trinajstić information content (AvgIpc) is 2.60. The molecule has 0 atom stereocenters. The minimum absolute atomic E-state index is 0.321. The van der Waals surface area contributed by atoms with Gasteiger partial charge in [0.05, 0.1) is 12.8 Å². The van der Waals surface area contributed by atoms with Gasteiger partial charge < -0.3 is 24.4 Å². The van der Waals surface area contributed by atoms with Gasteiger partial charge in [-0.05, 0) is 0 Å². The number of likely N-dealkylation sites (N-methyl/N-ethyl adjacent to an activating group) is 1. The highest BCUT2D eigenvalue weighted by Gasteiger charge is 2.21. The van der Waals surface area contributed by atoms with Crippen molar-refractivity contribution in [2.24, 2.45) is 0 Å². The molecule has 1 fully saturated rings. The number of rotatable bonds is 8. The molecule has 0 unspecified atom stereocenters. The highest BCUT2D eigenvalue weighted by Crippen LogP contribution is 2.22. The van der Waals surface area contributed by atoms with Gasteiger partial charge in [0, 0.05) is 59.5 Å². The first-order chi connectivity index (χ1) is 12.0. The van der Waals surface area contributed by atoms with Crippen LogP contribution in [0.3, 0.4) is 0 Å². The molecule has 0 aromatic carbocycles. The van der Waals surface area contributed by atoms with Crippen LogP contribution >= 0.6 is 0 Å². The standard InChI is InChI=1S/C16H25FN4O4/c1-19(16(22)23)3-4-20-5-7-21(8-6-20)15-14(17)11-13(12-18-15)25-10-9-24-2/h11-12H,3-10H2,1-2H3,(H,22,23). The van der Waals surface area contributed by atoms with Gasteiger partial charge in [-0.25, -0.2) is 14.2 Å². The first-order valence-electron chi connectivity index (χ1n) is 8.20. The van der Waals surface area contributed by atoms with Crippen molar-refractivity contribution in [2.45, 2.75) is 0 Å². The fourth-order valence-corrected chi connectivity index (χ4v) is 2.54. The topological polar surface area (TPSA) is 78.4 Å². The first kappa shape index (κ1) is 19.2. The molecule has 1 aliphatic rings. The largest absolute Gasteiger partial charge is 0.489 e. The molecule has 1 aromatic rings. The van der Waals surface area contributed by atoms with E-state index in [1.807, 2.05) is 4.90 Å². The second-order valence-electron chi connectivity index (χ2n) is 5.85. The Morgan fingerprint density at radius 3 is 2.68 bits per heavy atom. The second-order valence-corrected chi connectivity index (χ2v) is 5.85. The van der Waals surface area contributed by atoms with Crippen molar-refractivity contribution < 1.29 is 23.8 Å². The van der Waals surface area contributed by atoms with Crippen molar-refractivity contribution in [3.8, 4) is 5.75 Å². The Balaban J connectivity index is 1.82. The van der Waals surface area contributed by atoms with E-state index in [2.05, 4.69) is 9.88 Å². The molecular formula is C16H25FN4O4. The van der Waals surface area contributed by atoms with Crippen LogP contribution in [0.2, 0.25) is 0 Å². The van der Waals surface area contributed by atoms with Crippen molar-refractivity contribution in [2.75, 3.05) is 71.5 Å². The van der Waals surface area contributed by atoms with E-state index < -0.39 is 11.9 Å². The number of aromatic nitrogens is 1. The van der Waals surface area contributed by atoms with E-state index in [0.717, 1.165) is 13.1 Å². The number of halogens is 1. The van der Waals surface area contributed by atoms with Crippen LogP contribution in [0.1, 0.15) is 0 Å². The Bertz CT molecular complexity index is 567. The number of ether oxygens (including phenoxy) is 2. The number of amides is 1. The minimum Gasteiger partial charge on any atom is -0.489 e. The van der Waals surface area contributed by atoms with Gasteiger partial charge in [-0.15, -0.1) is 0 Å². The van der Waals surface area contributed by atoms with E-state index in [4.69, 9.17) is 14.6 Å². The van der Waals surface area contributed by atoms with Crippen LogP contribution in [-0.2, 0) is 4.74 Å². The van der Waals surface area contributed by atoms with Crippen molar-refractivity contribution in [1.82, 2.24) is 14.8 Å². The number of nitrogens with zero attached hydrogens (tertiary/aromatic N) is 4. The van der Waals surface area contributed by atoms with Crippen LogP contribution in [0.25, 0.3) is 0 Å². The van der Waals surface area contributed by atoms with Crippen LogP contribution in [0.15, 0.2) is 12.3 Å². The second kappa shape index (κ2) is 9.38. The normalized spacial score (nSPS) is 15.2. The number of carbonyl (C=O) groups is 1. The SMILES string of the molecule is COCCOc1cnc(N2CCN(CCN(C)C(=O)O)CC2)c(F)c1. The van der Waals surface area contributed by atoms with Crippen LogP contribution in [0.5, 0.6) is 5.75 Å². The summed E-state index contributed by atoms with van der Waals surface area (Å²) in [6.45, 7) is 4.66. The third kappa shape index (κ3) is 5.71. The fraction of sp³-hybridized carbons (Fsp3) is 0.625. The highest BCUT2D eigenvalue weighted by atomic mass is 19.1. The molecule has 0 bridgehead atoms. The van der Waals surface area contributed by atoms with Gasteiger partial charge in [0.2, 0.25) is 0 Å². The van der Waals surface area contributed by atoms with Gasteiger partial charge in [-0.3, -0.25) is 4.90 Å². The third-order valence-electron chi connectivity index (χ3n) is 4.10. The summed E-state index contributed by atoms with van der Waals surface area (Å²) in [5.74, 6) is 0.295. The summed E-state index contributed by atoms with van der Waals surface area (Å²) in [6.07, 6.45) is 0.583. The summed E-state index contributed by atoms with van der Waals surface area (Å²) >= 11 is 0. The lowest BCUT2D eigenvalue weighted by Crippen LogP contribution is -2.49. The summed E-state index contributed by atoms with van der Waals surface area (Å²) in [5, 5.41) is 8.86. The zero-order chi connectivity index (χ0) is 18.2. The maximum absolute atomic E-state index is 14.3. The molecule has 1 amide bonds. The van der Waals surface area contributed by atoms with E-state index in [1.165, 1.54) is 17.2 Å². The fourth-order valence-electron chi connectivity index (χ4n) is 2.54. The van der Waals surface area contributed by atoms with Gasteiger partial charge in [0.25, 0.3) is 0 Å². The maximum Gasteiger partial charge on any atom is 0.407 e. The molecule has 9 heteroatoms. The van der Waals surface area contributed by atoms with Crippen molar-refractivity contribution in [3.63, 3.8) is 0 Å². The number of pyridine rings is 1. The van der Waals surface area contributed by atoms with Gasteiger partial charge in [0.15, 0.2) is 11.6 Å². The smallest absolute Gasteiger partial charge is 0.407 e. The Hall–Kier alpha value is -2.13. The quantitative estimate of drug-likeness (QED) is 0.696. The first-order valence-corrected chi connectivity index (χ1v) is 8.20. The highest BCUT2D eigenvalue weighted by molar-refractivity contribution is 5.64. The molecule has 1 saturated heterocycles. The Morgan fingerprint density at radius 1 is 1.36 bits per heavy atom. The number of anilines is 1. The Labute approximate surface area is 146 Å². The predicted molar refractivity (Wildman–Crippen MR) is 90.9 cm³/mol. The van der Waals surface area contributed by atoms with Crippen molar-refractivity contribution in [3.05, 3.63) is 18.1 Å². The van der Waals surface area contributed by atoms with Crippen molar-refractivity contribution in [1.29, 1.82) is 0 Å². The molecule has 0 spiro atoms. The maximum atomic E-state index is 14.3. The lowest BCUT2D eigenvalue weighted by Gasteiger charge is -2.35. The molecule has 1 aliphatic heterocycles.